The first-order chi connectivity index (χ1) is 4.00. The zero-order valence-corrected chi connectivity index (χ0v) is 14.9. The van der Waals surface area contributed by atoms with Crippen molar-refractivity contribution < 1.29 is 47.1 Å². The van der Waals surface area contributed by atoms with Crippen LogP contribution in [-0.4, -0.2) is 143 Å². The molecule has 0 fully saturated rings. The third kappa shape index (κ3) is 196. The van der Waals surface area contributed by atoms with Crippen molar-refractivity contribution in [3.8, 4) is 0 Å². The van der Waals surface area contributed by atoms with Gasteiger partial charge in [-0.1, -0.05) is 0 Å². The van der Waals surface area contributed by atoms with Gasteiger partial charge in [-0.2, -0.15) is 0 Å². The Morgan fingerprint density at radius 1 is 0.615 bits per heavy atom. The minimum atomic E-state index is -4.64. The summed E-state index contributed by atoms with van der Waals surface area (Å²) in [6.07, 6.45) is 0. The molecule has 0 aliphatic carbocycles. The molecule has 0 atom stereocenters. The molecule has 0 rings (SSSR count). The Bertz CT molecular complexity index is 147. The van der Waals surface area contributed by atoms with Crippen LogP contribution in [0, 0.1) is 0 Å². The molecule has 6 N–H and O–H groups in total. The molecule has 13 heteroatoms. The molecule has 8 nitrogen and oxygen atoms in total. The van der Waals surface area contributed by atoms with E-state index in [1.807, 2.05) is 0 Å². The maximum absolute atomic E-state index is 8.88. The van der Waals surface area contributed by atoms with Gasteiger partial charge in [0.1, 0.15) is 0 Å². The van der Waals surface area contributed by atoms with E-state index in [-0.39, 0.29) is 122 Å². The van der Waals surface area contributed by atoms with Crippen LogP contribution in [0.3, 0.4) is 0 Å². The maximum atomic E-state index is 8.88. The van der Waals surface area contributed by atoms with Crippen molar-refractivity contribution in [2.75, 3.05) is 0 Å². The molecule has 0 amide bonds. The Hall–Kier alpha value is 4.00. The van der Waals surface area contributed by atoms with Crippen LogP contribution in [0.25, 0.3) is 0 Å². The fourth-order valence-corrected chi connectivity index (χ4v) is 0. The average molecular weight is 322 g/mol. The second kappa shape index (κ2) is 14.1. The molecule has 0 spiro atoms. The van der Waals surface area contributed by atoms with E-state index in [2.05, 4.69) is 0 Å². The number of rotatable bonds is 0. The van der Waals surface area contributed by atoms with Gasteiger partial charge < -0.3 is 37.9 Å². The predicted molar refractivity (Wildman–Crippen MR) is 52.5 cm³/mol. The van der Waals surface area contributed by atoms with Crippen LogP contribution in [0.15, 0.2) is 0 Å². The minimum absolute atomic E-state index is 0. The first kappa shape index (κ1) is 30.2. The Morgan fingerprint density at radius 2 is 0.615 bits per heavy atom. The van der Waals surface area contributed by atoms with Gasteiger partial charge in [0.2, 0.25) is 0 Å². The number of hydrogen-bond donors (Lipinski definition) is 6. The minimum Gasteiger partial charge on any atom is -1.00 e. The van der Waals surface area contributed by atoms with Crippen LogP contribution in [0.4, 0.5) is 0 Å². The molecule has 0 aliphatic rings. The van der Waals surface area contributed by atoms with Crippen molar-refractivity contribution in [2.24, 2.45) is 0 Å². The van der Waals surface area contributed by atoms with E-state index < -0.39 is 15.6 Å². The molecule has 0 unspecified atom stereocenters. The maximum Gasteiger partial charge on any atom is 2.00 e. The molecule has 0 heterocycles. The Labute approximate surface area is 173 Å². The van der Waals surface area contributed by atoms with E-state index in [0.29, 0.717) is 0 Å². The molecule has 76 valence electrons. The standard InChI is InChI=1S/3Ca.2H3O4P.6H/c;;;2*1-5(2,3)4;;;;;;/h;;;2*(H3,1,2,3,4);;;;;;/q3*+2;;;6*-1. The molecular formula is H12Ca3O8P2. The quantitative estimate of drug-likeness (QED) is 0.214. The normalized spacial score (nSPS) is 9.08. The largest absolute Gasteiger partial charge is 2.00 e. The average Bonchev–Trinajstić information content (AvgIpc) is 1.12. The van der Waals surface area contributed by atoms with Crippen molar-refractivity contribution in [2.45, 2.75) is 0 Å². The van der Waals surface area contributed by atoms with Crippen LogP contribution in [-0.2, 0) is 9.13 Å². The van der Waals surface area contributed by atoms with Crippen molar-refractivity contribution in [3.63, 3.8) is 0 Å². The van der Waals surface area contributed by atoms with Gasteiger partial charge in [0.05, 0.1) is 0 Å². The first-order valence-electron chi connectivity index (χ1n) is 1.57. The van der Waals surface area contributed by atoms with Crippen LogP contribution in [0.2, 0.25) is 0 Å². The predicted octanol–water partition coefficient (Wildman–Crippen LogP) is -2.32. The Morgan fingerprint density at radius 3 is 0.615 bits per heavy atom. The molecule has 0 radical (unpaired) electrons. The van der Waals surface area contributed by atoms with E-state index in [1.54, 1.807) is 0 Å². The molecule has 0 aromatic heterocycles. The summed E-state index contributed by atoms with van der Waals surface area (Å²) in [7, 11) is -9.28. The van der Waals surface area contributed by atoms with E-state index in [4.69, 9.17) is 38.5 Å². The van der Waals surface area contributed by atoms with E-state index in [0.717, 1.165) is 0 Å². The fraction of sp³-hybridized carbons (Fsp3) is 0. The second-order valence-electron chi connectivity index (χ2n) is 1.03. The van der Waals surface area contributed by atoms with Crippen LogP contribution in [0.5, 0.6) is 0 Å². The molecular weight excluding hydrogens is 310 g/mol. The summed E-state index contributed by atoms with van der Waals surface area (Å²) >= 11 is 0. The van der Waals surface area contributed by atoms with Crippen LogP contribution in [0.1, 0.15) is 8.56 Å². The zero-order chi connectivity index (χ0) is 9.00. The summed E-state index contributed by atoms with van der Waals surface area (Å²) in [5.74, 6) is 0. The SMILES string of the molecule is O=P(O)(O)O.O=P(O)(O)O.[Ca+2].[Ca+2].[Ca+2].[H-].[H-].[H-].[H-].[H-].[H-]. The summed E-state index contributed by atoms with van der Waals surface area (Å²) < 4.78 is 17.8. The molecule has 13 heavy (non-hydrogen) atoms. The van der Waals surface area contributed by atoms with Gasteiger partial charge in [-0.05, 0) is 0 Å². The van der Waals surface area contributed by atoms with Crippen LogP contribution < -0.4 is 0 Å². The topological polar surface area (TPSA) is 156 Å². The Kier molecular flexibility index (Phi) is 32.7. The molecule has 0 saturated heterocycles. The molecule has 0 aromatic carbocycles. The smallest absolute Gasteiger partial charge is 1.00 e. The van der Waals surface area contributed by atoms with Crippen molar-refractivity contribution >= 4 is 129 Å². The van der Waals surface area contributed by atoms with Gasteiger partial charge in [0.15, 0.2) is 0 Å². The number of phosphoric acid groups is 2. The third-order valence-corrected chi connectivity index (χ3v) is 0. The molecule has 0 saturated carbocycles. The van der Waals surface area contributed by atoms with Gasteiger partial charge in [0, 0.05) is 0 Å². The Balaban J connectivity index is -0.00000000508. The summed E-state index contributed by atoms with van der Waals surface area (Å²) in [6.45, 7) is 0. The molecule has 0 aliphatic heterocycles. The van der Waals surface area contributed by atoms with Crippen molar-refractivity contribution in [1.29, 1.82) is 0 Å². The zero-order valence-electron chi connectivity index (χ0n) is 12.5. The fourth-order valence-electron chi connectivity index (χ4n) is 0. The molecule has 0 aromatic rings. The molecule has 0 bridgehead atoms. The third-order valence-electron chi connectivity index (χ3n) is 0. The van der Waals surface area contributed by atoms with E-state index >= 15 is 0 Å². The van der Waals surface area contributed by atoms with Crippen molar-refractivity contribution in [3.05, 3.63) is 0 Å². The van der Waals surface area contributed by atoms with Gasteiger partial charge in [0.25, 0.3) is 0 Å². The van der Waals surface area contributed by atoms with Crippen LogP contribution >= 0.6 is 15.6 Å². The summed E-state index contributed by atoms with van der Waals surface area (Å²) in [5, 5.41) is 0. The van der Waals surface area contributed by atoms with Gasteiger partial charge in [-0.3, -0.25) is 0 Å². The monoisotopic (exact) mass is 322 g/mol. The first-order valence-corrected chi connectivity index (χ1v) is 4.70. The second-order valence-corrected chi connectivity index (χ2v) is 3.08. The van der Waals surface area contributed by atoms with Gasteiger partial charge in [-0.15, -0.1) is 0 Å². The van der Waals surface area contributed by atoms with Gasteiger partial charge >= 0.3 is 129 Å². The number of hydrogen-bond acceptors (Lipinski definition) is 2. The van der Waals surface area contributed by atoms with Crippen molar-refractivity contribution in [1.82, 2.24) is 0 Å². The summed E-state index contributed by atoms with van der Waals surface area (Å²) in [4.78, 5) is 43.1. The summed E-state index contributed by atoms with van der Waals surface area (Å²) in [6, 6.07) is 0. The van der Waals surface area contributed by atoms with E-state index in [1.165, 1.54) is 0 Å². The van der Waals surface area contributed by atoms with Gasteiger partial charge in [-0.25, -0.2) is 9.13 Å². The van der Waals surface area contributed by atoms with E-state index in [9.17, 15) is 0 Å². The summed E-state index contributed by atoms with van der Waals surface area (Å²) in [5.41, 5.74) is 0.